The zero-order valence-electron chi connectivity index (χ0n) is 29.1. The molecule has 0 aliphatic rings. The Morgan fingerprint density at radius 2 is 1.25 bits per heavy atom. The number of benzene rings is 2. The summed E-state index contributed by atoms with van der Waals surface area (Å²) in [5.74, 6) is -4.22. The number of hydrogen-bond donors (Lipinski definition) is 6. The molecular weight excluding hydrogens is 686 g/mol. The summed E-state index contributed by atoms with van der Waals surface area (Å²) in [4.78, 5) is 88.2. The van der Waals surface area contributed by atoms with Crippen LogP contribution in [0.5, 0.6) is 5.75 Å². The molecule has 0 heterocycles. The first-order valence-electron chi connectivity index (χ1n) is 15.8. The fraction of sp³-hybridized carbons (Fsp3) is 0.441. The van der Waals surface area contributed by atoms with Gasteiger partial charge in [-0.3, -0.25) is 43.5 Å². The number of nitrogens with two attached hydrogens (primary N) is 1. The molecule has 2 aromatic carbocycles. The number of nitrogens with one attached hydrogen (secondary N) is 1. The molecule has 0 radical (unpaired) electrons. The zero-order valence-corrected chi connectivity index (χ0v) is 29.1. The Balaban J connectivity index is 0.00000340. The molecule has 1 atom stereocenters. The number of ether oxygens (including phenoxy) is 1. The SMILES string of the molecule is CC(=O)O.CN(CCN(CCN(CC(=O)O)CC(=O)O)CC(=O)NCc1ccc(OCC(=O)[C@H](N)CCc2ccccc2)cc1)CC(=O)O.O=C=O. The number of hydrogen-bond acceptors (Lipinski definition) is 13. The molecule has 0 aliphatic carbocycles. The van der Waals surface area contributed by atoms with Gasteiger partial charge in [-0.1, -0.05) is 42.5 Å². The molecule has 2 rings (SSSR count). The molecule has 18 nitrogen and oxygen atoms in total. The van der Waals surface area contributed by atoms with Crippen LogP contribution in [0.15, 0.2) is 54.6 Å². The molecule has 0 saturated heterocycles. The van der Waals surface area contributed by atoms with Gasteiger partial charge in [0.25, 0.3) is 5.97 Å². The van der Waals surface area contributed by atoms with Gasteiger partial charge < -0.3 is 36.2 Å². The van der Waals surface area contributed by atoms with Gasteiger partial charge >= 0.3 is 24.1 Å². The smallest absolute Gasteiger partial charge is 0.373 e. The van der Waals surface area contributed by atoms with E-state index in [-0.39, 0.29) is 57.2 Å². The van der Waals surface area contributed by atoms with Crippen molar-refractivity contribution in [3.05, 3.63) is 65.7 Å². The minimum absolute atomic E-state index is 0.0667. The van der Waals surface area contributed by atoms with Gasteiger partial charge in [0.1, 0.15) is 12.4 Å². The summed E-state index contributed by atoms with van der Waals surface area (Å²) in [6.07, 6.45) is 1.46. The van der Waals surface area contributed by atoms with E-state index in [1.807, 2.05) is 30.3 Å². The third-order valence-corrected chi connectivity index (χ3v) is 6.82. The summed E-state index contributed by atoms with van der Waals surface area (Å²) in [5, 5.41) is 37.4. The van der Waals surface area contributed by atoms with Crippen LogP contribution in [-0.4, -0.2) is 149 Å². The third-order valence-electron chi connectivity index (χ3n) is 6.82. The molecule has 0 fully saturated rings. The lowest BCUT2D eigenvalue weighted by atomic mass is 10.0. The summed E-state index contributed by atoms with van der Waals surface area (Å²) in [6, 6.07) is 16.0. The van der Waals surface area contributed by atoms with Crippen LogP contribution < -0.4 is 15.8 Å². The number of ketones is 1. The van der Waals surface area contributed by atoms with Gasteiger partial charge in [-0.2, -0.15) is 9.59 Å². The third kappa shape index (κ3) is 25.5. The van der Waals surface area contributed by atoms with E-state index in [4.69, 9.17) is 45.3 Å². The zero-order chi connectivity index (χ0) is 39.5. The summed E-state index contributed by atoms with van der Waals surface area (Å²) < 4.78 is 5.60. The Morgan fingerprint density at radius 3 is 1.77 bits per heavy atom. The van der Waals surface area contributed by atoms with E-state index in [0.717, 1.165) is 18.1 Å². The van der Waals surface area contributed by atoms with Crippen LogP contribution in [0.25, 0.3) is 0 Å². The molecule has 52 heavy (non-hydrogen) atoms. The second kappa shape index (κ2) is 27.2. The van der Waals surface area contributed by atoms with E-state index in [9.17, 15) is 24.0 Å². The van der Waals surface area contributed by atoms with E-state index < -0.39 is 43.0 Å². The minimum atomic E-state index is -1.17. The summed E-state index contributed by atoms with van der Waals surface area (Å²) in [6.45, 7) is 0.818. The number of carboxylic acid groups (broad SMARTS) is 4. The van der Waals surface area contributed by atoms with Gasteiger partial charge in [0.2, 0.25) is 5.91 Å². The maximum atomic E-state index is 12.8. The van der Waals surface area contributed by atoms with Crippen LogP contribution in [-0.2, 0) is 51.3 Å². The highest BCUT2D eigenvalue weighted by Gasteiger charge is 2.18. The predicted octanol–water partition coefficient (Wildman–Crippen LogP) is -0.492. The highest BCUT2D eigenvalue weighted by atomic mass is 16.5. The van der Waals surface area contributed by atoms with Crippen LogP contribution >= 0.6 is 0 Å². The lowest BCUT2D eigenvalue weighted by molar-refractivity contribution is -0.192. The van der Waals surface area contributed by atoms with E-state index in [1.165, 1.54) is 4.90 Å². The quantitative estimate of drug-likeness (QED) is 0.0840. The van der Waals surface area contributed by atoms with Crippen molar-refractivity contribution in [1.29, 1.82) is 0 Å². The Hall–Kier alpha value is -5.52. The lowest BCUT2D eigenvalue weighted by Crippen LogP contribution is -2.45. The van der Waals surface area contributed by atoms with Crippen LogP contribution in [0, 0.1) is 0 Å². The fourth-order valence-corrected chi connectivity index (χ4v) is 4.32. The standard InChI is InChI=1S/C31H43N5O9.C2H4O2.CO2/c1-34(19-29(39)40)13-14-35(15-16-36(20-30(41)42)21-31(43)44)18-28(38)33-17-24-7-10-25(11-8-24)45-22-27(37)26(32)12-9-23-5-3-2-4-6-23;1-2(3)4;2-1-3/h2-8,10-11,26H,9,12-22,32H2,1H3,(H,33,38)(H,39,40)(H,41,42)(H,43,44);1H3,(H,3,4);/t26-;;/m1../s1. The summed E-state index contributed by atoms with van der Waals surface area (Å²) in [5.41, 5.74) is 7.92. The molecule has 0 aliphatic heterocycles. The number of carbonyl (C=O) groups is 6. The van der Waals surface area contributed by atoms with Crippen LogP contribution in [0.2, 0.25) is 0 Å². The molecule has 0 bridgehead atoms. The van der Waals surface area contributed by atoms with Crippen molar-refractivity contribution in [2.75, 3.05) is 66.0 Å². The predicted molar refractivity (Wildman–Crippen MR) is 183 cm³/mol. The summed E-state index contributed by atoms with van der Waals surface area (Å²) >= 11 is 0. The van der Waals surface area contributed by atoms with Gasteiger partial charge in [0.15, 0.2) is 5.78 Å². The van der Waals surface area contributed by atoms with Crippen LogP contribution in [0.4, 0.5) is 0 Å². The number of likely N-dealkylation sites (N-methyl/N-ethyl adjacent to an activating group) is 1. The molecule has 7 N–H and O–H groups in total. The number of amides is 1. The minimum Gasteiger partial charge on any atom is -0.486 e. The first-order valence-corrected chi connectivity index (χ1v) is 15.8. The average molecular weight is 734 g/mol. The Morgan fingerprint density at radius 1 is 0.750 bits per heavy atom. The molecule has 0 aromatic heterocycles. The molecule has 1 amide bonds. The number of carboxylic acids is 4. The highest BCUT2D eigenvalue weighted by Crippen LogP contribution is 2.13. The van der Waals surface area contributed by atoms with Crippen molar-refractivity contribution in [3.63, 3.8) is 0 Å². The Kier molecular flexibility index (Phi) is 24.3. The van der Waals surface area contributed by atoms with E-state index in [0.29, 0.717) is 31.7 Å². The van der Waals surface area contributed by atoms with Crippen molar-refractivity contribution in [2.24, 2.45) is 5.73 Å². The molecular formula is C34H47N5O13. The van der Waals surface area contributed by atoms with Gasteiger partial charge in [-0.25, -0.2) is 0 Å². The molecule has 286 valence electrons. The molecule has 0 unspecified atom stereocenters. The van der Waals surface area contributed by atoms with Crippen molar-refractivity contribution < 1.29 is 63.5 Å². The van der Waals surface area contributed by atoms with Crippen LogP contribution in [0.3, 0.4) is 0 Å². The Labute approximate surface area is 300 Å². The maximum Gasteiger partial charge on any atom is 0.373 e. The Bertz CT molecular complexity index is 1420. The van der Waals surface area contributed by atoms with Gasteiger partial charge in [0, 0.05) is 39.6 Å². The number of nitrogens with zero attached hydrogens (tertiary/aromatic N) is 3. The summed E-state index contributed by atoms with van der Waals surface area (Å²) in [7, 11) is 1.62. The number of aryl methyl sites for hydroxylation is 1. The first-order chi connectivity index (χ1) is 24.6. The van der Waals surface area contributed by atoms with Gasteiger partial charge in [-0.15, -0.1) is 0 Å². The van der Waals surface area contributed by atoms with E-state index in [2.05, 4.69) is 5.32 Å². The molecule has 2 aromatic rings. The van der Waals surface area contributed by atoms with Crippen molar-refractivity contribution in [1.82, 2.24) is 20.0 Å². The number of Topliss-reactive ketones (excluding diaryl/α,β-unsaturated/α-hetero) is 1. The van der Waals surface area contributed by atoms with E-state index >= 15 is 0 Å². The largest absolute Gasteiger partial charge is 0.486 e. The fourth-order valence-electron chi connectivity index (χ4n) is 4.32. The van der Waals surface area contributed by atoms with Crippen molar-refractivity contribution in [2.45, 2.75) is 32.4 Å². The second-order valence-electron chi connectivity index (χ2n) is 11.3. The van der Waals surface area contributed by atoms with Crippen molar-refractivity contribution in [3.8, 4) is 5.75 Å². The van der Waals surface area contributed by atoms with Crippen molar-refractivity contribution >= 4 is 41.7 Å². The monoisotopic (exact) mass is 733 g/mol. The maximum absolute atomic E-state index is 12.8. The highest BCUT2D eigenvalue weighted by molar-refractivity contribution is 5.85. The number of aliphatic carboxylic acids is 4. The first kappa shape index (κ1) is 46.5. The molecule has 0 spiro atoms. The van der Waals surface area contributed by atoms with Gasteiger partial charge in [-0.05, 0) is 43.1 Å². The van der Waals surface area contributed by atoms with E-state index in [1.54, 1.807) is 41.1 Å². The topological polar surface area (TPSA) is 274 Å². The van der Waals surface area contributed by atoms with Crippen LogP contribution in [0.1, 0.15) is 24.5 Å². The average Bonchev–Trinajstić information content (AvgIpc) is 3.06. The second-order valence-corrected chi connectivity index (χ2v) is 11.3. The van der Waals surface area contributed by atoms with Gasteiger partial charge in [0.05, 0.1) is 32.2 Å². The normalized spacial score (nSPS) is 10.9. The lowest BCUT2D eigenvalue weighted by Gasteiger charge is -2.27. The molecule has 0 saturated carbocycles. The number of rotatable bonds is 23. The molecule has 18 heteroatoms. The number of carbonyl (C=O) groups excluding carboxylic acids is 4.